The van der Waals surface area contributed by atoms with Crippen molar-refractivity contribution in [3.05, 3.63) is 62.8 Å². The van der Waals surface area contributed by atoms with E-state index >= 15 is 0 Å². The summed E-state index contributed by atoms with van der Waals surface area (Å²) < 4.78 is 73.6. The van der Waals surface area contributed by atoms with Crippen molar-refractivity contribution in [1.82, 2.24) is 14.3 Å². The van der Waals surface area contributed by atoms with Crippen molar-refractivity contribution in [1.29, 1.82) is 0 Å². The van der Waals surface area contributed by atoms with Crippen LogP contribution in [0.25, 0.3) is 5.69 Å². The number of hydrogen-bond acceptors (Lipinski definition) is 6. The molecule has 35 heavy (non-hydrogen) atoms. The summed E-state index contributed by atoms with van der Waals surface area (Å²) >= 11 is 5.79. The fraction of sp³-hybridized carbons (Fsp3) is 0.250. The number of anilines is 1. The van der Waals surface area contributed by atoms with Crippen LogP contribution in [0.15, 0.2) is 29.1 Å². The van der Waals surface area contributed by atoms with Gasteiger partial charge in [0.25, 0.3) is 5.91 Å². The van der Waals surface area contributed by atoms with Gasteiger partial charge in [0.15, 0.2) is 18.2 Å². The number of phenols is 1. The highest BCUT2D eigenvalue weighted by atomic mass is 35.5. The molecule has 3 N–H and O–H groups in total. The van der Waals surface area contributed by atoms with Crippen LogP contribution in [-0.2, 0) is 13.2 Å². The Kier molecular flexibility index (Phi) is 7.36. The second kappa shape index (κ2) is 9.92. The number of nitrogens with zero attached hydrogens (tertiary/aromatic N) is 3. The number of nitrogens with one attached hydrogen (secondary N) is 1. The summed E-state index contributed by atoms with van der Waals surface area (Å²) in [5.74, 6) is -5.26. The molecule has 0 aliphatic rings. The summed E-state index contributed by atoms with van der Waals surface area (Å²) in [5.41, 5.74) is -3.00. The van der Waals surface area contributed by atoms with Crippen LogP contribution in [0.2, 0.25) is 5.02 Å². The van der Waals surface area contributed by atoms with Crippen LogP contribution >= 0.6 is 11.6 Å². The summed E-state index contributed by atoms with van der Waals surface area (Å²) in [5, 5.41) is 24.0. The van der Waals surface area contributed by atoms with E-state index in [2.05, 4.69) is 9.84 Å². The molecule has 0 aliphatic carbocycles. The van der Waals surface area contributed by atoms with Crippen LogP contribution in [-0.4, -0.2) is 43.3 Å². The fourth-order valence-corrected chi connectivity index (χ4v) is 3.30. The number of carbonyl (C=O) groups excluding carboxylic acids is 1. The lowest BCUT2D eigenvalue weighted by atomic mass is 10.1. The molecular weight excluding hydrogens is 507 g/mol. The molecule has 0 bridgehead atoms. The molecule has 1 aromatic heterocycles. The number of amides is 1. The molecule has 0 saturated heterocycles. The topological polar surface area (TPSA) is 119 Å². The van der Waals surface area contributed by atoms with Crippen LogP contribution in [0.4, 0.5) is 27.6 Å². The first kappa shape index (κ1) is 26.0. The number of aromatic nitrogens is 3. The Hall–Kier alpha value is -3.65. The number of halogens is 6. The van der Waals surface area contributed by atoms with Gasteiger partial charge in [0.05, 0.1) is 16.3 Å². The van der Waals surface area contributed by atoms with E-state index in [1.165, 1.54) is 0 Å². The van der Waals surface area contributed by atoms with Crippen LogP contribution in [0, 0.1) is 11.6 Å². The summed E-state index contributed by atoms with van der Waals surface area (Å²) in [7, 11) is 0. The average Bonchev–Trinajstić information content (AvgIpc) is 3.09. The van der Waals surface area contributed by atoms with E-state index in [4.69, 9.17) is 11.6 Å². The molecule has 0 fully saturated rings. The highest BCUT2D eigenvalue weighted by Crippen LogP contribution is 2.32. The third kappa shape index (κ3) is 5.54. The molecule has 9 nitrogen and oxygen atoms in total. The number of phenolic OH excluding ortho intramolecular Hbond substituents is 1. The minimum absolute atomic E-state index is 0.0488. The Balaban J connectivity index is 2.12. The van der Waals surface area contributed by atoms with E-state index in [1.54, 1.807) is 6.92 Å². The molecule has 3 aromatic rings. The molecule has 0 saturated carbocycles. The van der Waals surface area contributed by atoms with Crippen LogP contribution in [0.3, 0.4) is 0 Å². The first-order valence-electron chi connectivity index (χ1n) is 9.68. The number of ether oxygens (including phenoxy) is 1. The Bertz CT molecular complexity index is 1320. The molecule has 0 aliphatic heterocycles. The van der Waals surface area contributed by atoms with Crippen molar-refractivity contribution in [2.45, 2.75) is 26.3 Å². The van der Waals surface area contributed by atoms with Gasteiger partial charge in [-0.15, -0.1) is 5.10 Å². The van der Waals surface area contributed by atoms with E-state index in [1.807, 2.05) is 5.32 Å². The average molecular weight is 523 g/mol. The molecule has 2 aromatic carbocycles. The lowest BCUT2D eigenvalue weighted by Crippen LogP contribution is -2.25. The smallest absolute Gasteiger partial charge is 0.422 e. The van der Waals surface area contributed by atoms with Gasteiger partial charge < -0.3 is 20.3 Å². The Labute approximate surface area is 197 Å². The summed E-state index contributed by atoms with van der Waals surface area (Å²) in [6.07, 6.45) is -4.85. The standard InChI is InChI=1S/C20H16ClF5N4O5/c1-2-29-16(7-31)28-30(19(29)34)14-6-15(35-8-20(24,25)26)10(5-12(14)22)18(33)27-17-11(21)3-9(32)4-13(17)23/h3-6,31-32H,2,7-8H2,1H3,(H,27,33). The maximum absolute atomic E-state index is 15.0. The molecule has 0 spiro atoms. The number of aliphatic hydroxyl groups is 1. The monoisotopic (exact) mass is 522 g/mol. The first-order valence-corrected chi connectivity index (χ1v) is 10.1. The van der Waals surface area contributed by atoms with E-state index in [0.29, 0.717) is 22.9 Å². The fourth-order valence-electron chi connectivity index (χ4n) is 3.05. The van der Waals surface area contributed by atoms with Crippen molar-refractivity contribution in [3.8, 4) is 17.2 Å². The van der Waals surface area contributed by atoms with Gasteiger partial charge in [0.1, 0.15) is 29.6 Å². The molecule has 15 heteroatoms. The minimum atomic E-state index is -4.85. The number of hydrogen-bond donors (Lipinski definition) is 3. The second-order valence-corrected chi connectivity index (χ2v) is 7.36. The molecule has 0 radical (unpaired) electrons. The maximum atomic E-state index is 15.0. The Morgan fingerprint density at radius 3 is 2.43 bits per heavy atom. The quantitative estimate of drug-likeness (QED) is 0.323. The van der Waals surface area contributed by atoms with Gasteiger partial charge >= 0.3 is 11.9 Å². The molecule has 1 heterocycles. The first-order chi connectivity index (χ1) is 16.4. The molecule has 0 unspecified atom stereocenters. The highest BCUT2D eigenvalue weighted by molar-refractivity contribution is 6.34. The molecular formula is C20H16ClF5N4O5. The molecule has 0 atom stereocenters. The van der Waals surface area contributed by atoms with Crippen LogP contribution in [0.5, 0.6) is 11.5 Å². The van der Waals surface area contributed by atoms with Crippen molar-refractivity contribution >= 4 is 23.2 Å². The Morgan fingerprint density at radius 2 is 1.89 bits per heavy atom. The van der Waals surface area contributed by atoms with E-state index in [-0.39, 0.29) is 12.4 Å². The highest BCUT2D eigenvalue weighted by Gasteiger charge is 2.30. The number of alkyl halides is 3. The van der Waals surface area contributed by atoms with Crippen molar-refractivity contribution < 1.29 is 41.7 Å². The van der Waals surface area contributed by atoms with Gasteiger partial charge in [-0.1, -0.05) is 11.6 Å². The van der Waals surface area contributed by atoms with Crippen LogP contribution < -0.4 is 15.7 Å². The number of rotatable bonds is 7. The molecule has 188 valence electrons. The number of aliphatic hydroxyl groups excluding tert-OH is 1. The largest absolute Gasteiger partial charge is 0.508 e. The second-order valence-electron chi connectivity index (χ2n) is 6.96. The van der Waals surface area contributed by atoms with Crippen LogP contribution in [0.1, 0.15) is 23.1 Å². The summed E-state index contributed by atoms with van der Waals surface area (Å²) in [6, 6.07) is 2.61. The molecule has 3 rings (SSSR count). The number of benzene rings is 2. The maximum Gasteiger partial charge on any atom is 0.422 e. The predicted octanol–water partition coefficient (Wildman–Crippen LogP) is 3.38. The zero-order chi connectivity index (χ0) is 26.1. The van der Waals surface area contributed by atoms with Gasteiger partial charge in [-0.2, -0.15) is 17.9 Å². The van der Waals surface area contributed by atoms with Crippen molar-refractivity contribution in [3.63, 3.8) is 0 Å². The van der Waals surface area contributed by atoms with E-state index in [9.17, 15) is 41.8 Å². The minimum Gasteiger partial charge on any atom is -0.508 e. The van der Waals surface area contributed by atoms with Gasteiger partial charge in [-0.25, -0.2) is 13.6 Å². The number of aromatic hydroxyl groups is 1. The van der Waals surface area contributed by atoms with Gasteiger partial charge in [0.2, 0.25) is 0 Å². The lowest BCUT2D eigenvalue weighted by Gasteiger charge is -2.16. The predicted molar refractivity (Wildman–Crippen MR) is 112 cm³/mol. The van der Waals surface area contributed by atoms with Gasteiger partial charge in [-0.05, 0) is 13.0 Å². The van der Waals surface area contributed by atoms with Crippen molar-refractivity contribution in [2.24, 2.45) is 0 Å². The summed E-state index contributed by atoms with van der Waals surface area (Å²) in [4.78, 5) is 25.3. The van der Waals surface area contributed by atoms with E-state index < -0.39 is 76.1 Å². The zero-order valence-corrected chi connectivity index (χ0v) is 18.4. The number of carbonyl (C=O) groups is 1. The summed E-state index contributed by atoms with van der Waals surface area (Å²) in [6.45, 7) is -0.976. The normalized spacial score (nSPS) is 11.5. The zero-order valence-electron chi connectivity index (χ0n) is 17.7. The lowest BCUT2D eigenvalue weighted by molar-refractivity contribution is -0.153. The Morgan fingerprint density at radius 1 is 1.20 bits per heavy atom. The van der Waals surface area contributed by atoms with Crippen molar-refractivity contribution in [2.75, 3.05) is 11.9 Å². The van der Waals surface area contributed by atoms with Gasteiger partial charge in [0, 0.05) is 24.7 Å². The SMILES string of the molecule is CCn1c(CO)nn(-c2cc(OCC(F)(F)F)c(C(=O)Nc3c(F)cc(O)cc3Cl)cc2F)c1=O. The third-order valence-corrected chi connectivity index (χ3v) is 4.87. The molecule has 1 amide bonds. The van der Waals surface area contributed by atoms with Gasteiger partial charge in [-0.3, -0.25) is 9.36 Å². The third-order valence-electron chi connectivity index (χ3n) is 4.58. The van der Waals surface area contributed by atoms with E-state index in [0.717, 1.165) is 10.6 Å².